The van der Waals surface area contributed by atoms with Gasteiger partial charge in [0.1, 0.15) is 6.04 Å². The van der Waals surface area contributed by atoms with E-state index in [4.69, 9.17) is 0 Å². The molecule has 16 heavy (non-hydrogen) atoms. The fraction of sp³-hybridized carbons (Fsp3) is 0.667. The van der Waals surface area contributed by atoms with Gasteiger partial charge in [0.15, 0.2) is 0 Å². The second-order valence-electron chi connectivity index (χ2n) is 4.18. The number of rotatable bonds is 4. The fourth-order valence-corrected chi connectivity index (χ4v) is 1.94. The van der Waals surface area contributed by atoms with E-state index >= 15 is 0 Å². The Kier molecular flexibility index (Phi) is 4.52. The number of carbonyl (C=O) groups excluding carboxylic acids is 2. The minimum Gasteiger partial charge on any atom is -0.344 e. The van der Waals surface area contributed by atoms with Crippen molar-refractivity contribution in [3.05, 3.63) is 12.7 Å². The summed E-state index contributed by atoms with van der Waals surface area (Å²) < 4.78 is 0. The first-order chi connectivity index (χ1) is 7.60. The summed E-state index contributed by atoms with van der Waals surface area (Å²) in [5.74, 6) is -0.00352. The minimum absolute atomic E-state index is 0.0303. The molecular formula is C12H20N2O2. The topological polar surface area (TPSA) is 49.4 Å². The van der Waals surface area contributed by atoms with Crippen molar-refractivity contribution in [2.75, 3.05) is 6.54 Å². The largest absolute Gasteiger partial charge is 0.344 e. The van der Waals surface area contributed by atoms with E-state index in [0.717, 1.165) is 6.42 Å². The Balaban J connectivity index is 2.78. The second-order valence-corrected chi connectivity index (χ2v) is 4.18. The molecule has 2 unspecified atom stereocenters. The van der Waals surface area contributed by atoms with Crippen LogP contribution in [0.4, 0.5) is 0 Å². The van der Waals surface area contributed by atoms with Crippen molar-refractivity contribution in [2.45, 2.75) is 45.2 Å². The van der Waals surface area contributed by atoms with E-state index in [1.807, 2.05) is 13.8 Å². The zero-order chi connectivity index (χ0) is 12.1. The van der Waals surface area contributed by atoms with Gasteiger partial charge >= 0.3 is 0 Å². The van der Waals surface area contributed by atoms with E-state index in [9.17, 15) is 9.59 Å². The lowest BCUT2D eigenvalue weighted by atomic mass is 10.1. The molecule has 2 amide bonds. The number of nitrogens with one attached hydrogen (secondary N) is 1. The highest BCUT2D eigenvalue weighted by Gasteiger charge is 2.30. The molecule has 4 nitrogen and oxygen atoms in total. The van der Waals surface area contributed by atoms with Crippen LogP contribution in [0, 0.1) is 0 Å². The van der Waals surface area contributed by atoms with Gasteiger partial charge in [0.05, 0.1) is 0 Å². The summed E-state index contributed by atoms with van der Waals surface area (Å²) in [6.45, 7) is 8.08. The highest BCUT2D eigenvalue weighted by molar-refractivity contribution is 5.90. The average molecular weight is 224 g/mol. The first kappa shape index (κ1) is 12.7. The summed E-state index contributed by atoms with van der Waals surface area (Å²) in [5, 5.41) is 2.75. The molecule has 0 radical (unpaired) electrons. The van der Waals surface area contributed by atoms with Gasteiger partial charge in [-0.25, -0.2) is 0 Å². The highest BCUT2D eigenvalue weighted by Crippen LogP contribution is 2.12. The van der Waals surface area contributed by atoms with Crippen LogP contribution in [-0.2, 0) is 9.59 Å². The Labute approximate surface area is 96.7 Å². The van der Waals surface area contributed by atoms with Crippen LogP contribution >= 0.6 is 0 Å². The average Bonchev–Trinajstić information content (AvgIpc) is 2.39. The van der Waals surface area contributed by atoms with Crippen molar-refractivity contribution >= 4 is 11.8 Å². The fourth-order valence-electron chi connectivity index (χ4n) is 1.94. The quantitative estimate of drug-likeness (QED) is 0.726. The molecule has 1 N–H and O–H groups in total. The Morgan fingerprint density at radius 1 is 1.62 bits per heavy atom. The normalized spacial score (nSPS) is 23.6. The Hall–Kier alpha value is -1.32. The van der Waals surface area contributed by atoms with Gasteiger partial charge in [-0.2, -0.15) is 0 Å². The molecule has 90 valence electrons. The zero-order valence-electron chi connectivity index (χ0n) is 10.0. The molecule has 1 aliphatic heterocycles. The van der Waals surface area contributed by atoms with Gasteiger partial charge in [0.2, 0.25) is 11.8 Å². The van der Waals surface area contributed by atoms with Gasteiger partial charge in [-0.1, -0.05) is 13.0 Å². The van der Waals surface area contributed by atoms with Gasteiger partial charge in [-0.3, -0.25) is 9.59 Å². The maximum Gasteiger partial charge on any atom is 0.245 e. The molecule has 0 spiro atoms. The molecule has 2 atom stereocenters. The maximum atomic E-state index is 12.1. The van der Waals surface area contributed by atoms with Gasteiger partial charge in [-0.05, 0) is 19.8 Å². The monoisotopic (exact) mass is 224 g/mol. The van der Waals surface area contributed by atoms with Gasteiger partial charge in [-0.15, -0.1) is 6.58 Å². The van der Waals surface area contributed by atoms with Gasteiger partial charge < -0.3 is 10.2 Å². The number of hydrogen-bond donors (Lipinski definition) is 1. The number of nitrogens with zero attached hydrogens (tertiary/aromatic N) is 1. The zero-order valence-corrected chi connectivity index (χ0v) is 10.0. The van der Waals surface area contributed by atoms with Crippen LogP contribution < -0.4 is 5.32 Å². The lowest BCUT2D eigenvalue weighted by Crippen LogP contribution is -2.47. The van der Waals surface area contributed by atoms with E-state index in [2.05, 4.69) is 11.9 Å². The Morgan fingerprint density at radius 3 is 2.88 bits per heavy atom. The van der Waals surface area contributed by atoms with Crippen molar-refractivity contribution in [1.29, 1.82) is 0 Å². The third kappa shape index (κ3) is 2.84. The summed E-state index contributed by atoms with van der Waals surface area (Å²) in [6.07, 6.45) is 3.60. The third-order valence-electron chi connectivity index (χ3n) is 2.94. The molecule has 1 fully saturated rings. The Bertz CT molecular complexity index is 289. The lowest BCUT2D eigenvalue weighted by molar-refractivity contribution is -0.135. The van der Waals surface area contributed by atoms with Crippen molar-refractivity contribution in [2.24, 2.45) is 0 Å². The van der Waals surface area contributed by atoms with Crippen LogP contribution in [0.25, 0.3) is 0 Å². The van der Waals surface area contributed by atoms with E-state index < -0.39 is 0 Å². The van der Waals surface area contributed by atoms with Crippen molar-refractivity contribution in [3.8, 4) is 0 Å². The van der Waals surface area contributed by atoms with Crippen molar-refractivity contribution < 1.29 is 9.59 Å². The van der Waals surface area contributed by atoms with E-state index in [1.54, 1.807) is 11.0 Å². The van der Waals surface area contributed by atoms with E-state index in [0.29, 0.717) is 19.4 Å². The Morgan fingerprint density at radius 2 is 2.31 bits per heavy atom. The lowest BCUT2D eigenvalue weighted by Gasteiger charge is -2.29. The summed E-state index contributed by atoms with van der Waals surface area (Å²) in [4.78, 5) is 25.3. The molecule has 0 bridgehead atoms. The van der Waals surface area contributed by atoms with Crippen LogP contribution in [0.3, 0.4) is 0 Å². The molecule has 1 saturated heterocycles. The highest BCUT2D eigenvalue weighted by atomic mass is 16.2. The van der Waals surface area contributed by atoms with Crippen LogP contribution in [0.15, 0.2) is 12.7 Å². The van der Waals surface area contributed by atoms with Crippen LogP contribution in [-0.4, -0.2) is 35.3 Å². The van der Waals surface area contributed by atoms with Gasteiger partial charge in [0, 0.05) is 19.0 Å². The first-order valence-electron chi connectivity index (χ1n) is 5.80. The molecule has 4 heteroatoms. The molecule has 0 aromatic heterocycles. The smallest absolute Gasteiger partial charge is 0.245 e. The summed E-state index contributed by atoms with van der Waals surface area (Å²) in [7, 11) is 0. The molecule has 0 aromatic rings. The van der Waals surface area contributed by atoms with Gasteiger partial charge in [0.25, 0.3) is 0 Å². The maximum absolute atomic E-state index is 12.1. The second kappa shape index (κ2) is 5.68. The van der Waals surface area contributed by atoms with E-state index in [-0.39, 0.29) is 23.9 Å². The van der Waals surface area contributed by atoms with Crippen molar-refractivity contribution in [1.82, 2.24) is 10.2 Å². The van der Waals surface area contributed by atoms with E-state index in [1.165, 1.54) is 0 Å². The van der Waals surface area contributed by atoms with Crippen LogP contribution in [0.5, 0.6) is 0 Å². The minimum atomic E-state index is -0.359. The first-order valence-corrected chi connectivity index (χ1v) is 5.80. The molecule has 1 aliphatic rings. The van der Waals surface area contributed by atoms with Crippen LogP contribution in [0.1, 0.15) is 33.1 Å². The molecule has 0 aliphatic carbocycles. The molecule has 1 heterocycles. The molecule has 0 saturated carbocycles. The van der Waals surface area contributed by atoms with Crippen molar-refractivity contribution in [3.63, 3.8) is 0 Å². The van der Waals surface area contributed by atoms with Crippen LogP contribution in [0.2, 0.25) is 0 Å². The molecular weight excluding hydrogens is 204 g/mol. The summed E-state index contributed by atoms with van der Waals surface area (Å²) in [6, 6.07) is -0.242. The SMILES string of the molecule is C=CCC(C)N1CCC(=O)NC(CC)C1=O. The summed E-state index contributed by atoms with van der Waals surface area (Å²) >= 11 is 0. The predicted octanol–water partition coefficient (Wildman–Crippen LogP) is 1.08. The standard InChI is InChI=1S/C12H20N2O2/c1-4-6-9(3)14-8-7-11(15)13-10(5-2)12(14)16/h4,9-10H,1,5-8H2,2-3H3,(H,13,15). The number of amides is 2. The molecule has 1 rings (SSSR count). The third-order valence-corrected chi connectivity index (χ3v) is 2.94. The predicted molar refractivity (Wildman–Crippen MR) is 62.8 cm³/mol. The number of hydrogen-bond acceptors (Lipinski definition) is 2. The summed E-state index contributed by atoms with van der Waals surface area (Å²) in [5.41, 5.74) is 0. The molecule has 0 aromatic carbocycles. The number of carbonyl (C=O) groups is 2.